The number of carbonyl (C=O) groups excluding carboxylic acids is 1. The van der Waals surface area contributed by atoms with E-state index in [-0.39, 0.29) is 12.5 Å². The summed E-state index contributed by atoms with van der Waals surface area (Å²) in [6.45, 7) is 4.72. The van der Waals surface area contributed by atoms with Crippen molar-refractivity contribution >= 4 is 34.2 Å². The maximum absolute atomic E-state index is 12.7. The average Bonchev–Trinajstić information content (AvgIpc) is 3.48. The Morgan fingerprint density at radius 3 is 2.56 bits per heavy atom. The van der Waals surface area contributed by atoms with Crippen LogP contribution < -0.4 is 10.2 Å². The third-order valence-corrected chi connectivity index (χ3v) is 6.57. The molecule has 0 spiro atoms. The Morgan fingerprint density at radius 2 is 1.81 bits per heavy atom. The van der Waals surface area contributed by atoms with Gasteiger partial charge < -0.3 is 15.1 Å². The van der Waals surface area contributed by atoms with Crippen molar-refractivity contribution in [2.45, 2.75) is 25.8 Å². The molecule has 1 aliphatic rings. The van der Waals surface area contributed by atoms with Crippen molar-refractivity contribution in [1.29, 1.82) is 0 Å². The van der Waals surface area contributed by atoms with Gasteiger partial charge in [0.05, 0.1) is 6.54 Å². The fraction of sp³-hybridized carbons (Fsp3) is 0.375. The van der Waals surface area contributed by atoms with E-state index in [4.69, 9.17) is 16.6 Å². The summed E-state index contributed by atoms with van der Waals surface area (Å²) in [5, 5.41) is 4.54. The highest BCUT2D eigenvalue weighted by molar-refractivity contribution is 7.09. The van der Waals surface area contributed by atoms with Crippen molar-refractivity contribution in [2.24, 2.45) is 0 Å². The summed E-state index contributed by atoms with van der Waals surface area (Å²) in [4.78, 5) is 21.8. The highest BCUT2D eigenvalue weighted by Crippen LogP contribution is 2.21. The first-order chi connectivity index (χ1) is 15.7. The van der Waals surface area contributed by atoms with Crippen LogP contribution in [0.4, 0.5) is 5.13 Å². The van der Waals surface area contributed by atoms with Crippen molar-refractivity contribution in [3.63, 3.8) is 0 Å². The summed E-state index contributed by atoms with van der Waals surface area (Å²) in [5.41, 5.74) is 2.24. The van der Waals surface area contributed by atoms with E-state index >= 15 is 0 Å². The van der Waals surface area contributed by atoms with E-state index in [1.807, 2.05) is 47.4 Å². The van der Waals surface area contributed by atoms with Gasteiger partial charge in [-0.3, -0.25) is 4.79 Å². The Hall–Kier alpha value is -2.48. The molecule has 1 aliphatic heterocycles. The minimum atomic E-state index is 0.00887. The number of amides is 1. The lowest BCUT2D eigenvalue weighted by molar-refractivity contribution is -0.119. The number of carbonyl (C=O) groups is 1. The van der Waals surface area contributed by atoms with E-state index in [0.717, 1.165) is 41.7 Å². The molecule has 1 aromatic heterocycles. The van der Waals surface area contributed by atoms with Gasteiger partial charge in [0.1, 0.15) is 5.82 Å². The monoisotopic (exact) mass is 469 g/mol. The molecule has 1 saturated heterocycles. The first-order valence-corrected chi connectivity index (χ1v) is 12.2. The van der Waals surface area contributed by atoms with Gasteiger partial charge in [-0.1, -0.05) is 54.1 Å². The van der Waals surface area contributed by atoms with Crippen LogP contribution in [0.5, 0.6) is 0 Å². The SMILES string of the molecule is O=C(CN(Cc1ccccc1)c1nc(Cc2ccc(Cl)cc2)ns1)NCCN1CCCC1. The lowest BCUT2D eigenvalue weighted by Gasteiger charge is -2.21. The molecule has 3 aromatic rings. The second-order valence-electron chi connectivity index (χ2n) is 8.04. The molecule has 1 amide bonds. The Balaban J connectivity index is 1.40. The Labute approximate surface area is 198 Å². The molecule has 0 radical (unpaired) electrons. The highest BCUT2D eigenvalue weighted by atomic mass is 35.5. The summed E-state index contributed by atoms with van der Waals surface area (Å²) in [6, 6.07) is 17.9. The zero-order chi connectivity index (χ0) is 22.2. The largest absolute Gasteiger partial charge is 0.353 e. The predicted molar refractivity (Wildman–Crippen MR) is 130 cm³/mol. The lowest BCUT2D eigenvalue weighted by Crippen LogP contribution is -2.40. The molecular weight excluding hydrogens is 442 g/mol. The zero-order valence-electron chi connectivity index (χ0n) is 18.0. The minimum Gasteiger partial charge on any atom is -0.353 e. The van der Waals surface area contributed by atoms with Gasteiger partial charge in [-0.05, 0) is 49.2 Å². The highest BCUT2D eigenvalue weighted by Gasteiger charge is 2.18. The van der Waals surface area contributed by atoms with Crippen molar-refractivity contribution in [3.05, 3.63) is 76.6 Å². The molecule has 0 aliphatic carbocycles. The molecule has 168 valence electrons. The Morgan fingerprint density at radius 1 is 1.06 bits per heavy atom. The quantitative estimate of drug-likeness (QED) is 0.486. The second-order valence-corrected chi connectivity index (χ2v) is 9.20. The van der Waals surface area contributed by atoms with E-state index < -0.39 is 0 Å². The van der Waals surface area contributed by atoms with Gasteiger partial charge in [-0.15, -0.1) is 0 Å². The van der Waals surface area contributed by atoms with Gasteiger partial charge in [-0.25, -0.2) is 4.98 Å². The van der Waals surface area contributed by atoms with Gasteiger partial charge in [0.2, 0.25) is 11.0 Å². The molecule has 8 heteroatoms. The van der Waals surface area contributed by atoms with E-state index in [1.165, 1.54) is 24.4 Å². The van der Waals surface area contributed by atoms with Crippen molar-refractivity contribution in [1.82, 2.24) is 19.6 Å². The lowest BCUT2D eigenvalue weighted by atomic mass is 10.1. The summed E-state index contributed by atoms with van der Waals surface area (Å²) in [6.07, 6.45) is 3.15. The van der Waals surface area contributed by atoms with Crippen molar-refractivity contribution < 1.29 is 4.79 Å². The smallest absolute Gasteiger partial charge is 0.239 e. The van der Waals surface area contributed by atoms with Gasteiger partial charge in [0.25, 0.3) is 0 Å². The van der Waals surface area contributed by atoms with Crippen LogP contribution in [0.1, 0.15) is 29.8 Å². The summed E-state index contributed by atoms with van der Waals surface area (Å²) >= 11 is 7.32. The average molecular weight is 470 g/mol. The molecule has 2 aromatic carbocycles. The van der Waals surface area contributed by atoms with Crippen LogP contribution in [0.3, 0.4) is 0 Å². The predicted octanol–water partition coefficient (Wildman–Crippen LogP) is 4.00. The van der Waals surface area contributed by atoms with Crippen LogP contribution in [-0.2, 0) is 17.8 Å². The number of anilines is 1. The van der Waals surface area contributed by atoms with Gasteiger partial charge in [-0.2, -0.15) is 4.37 Å². The molecule has 0 saturated carbocycles. The molecule has 0 unspecified atom stereocenters. The summed E-state index contributed by atoms with van der Waals surface area (Å²) in [5.74, 6) is 0.759. The number of aromatic nitrogens is 2. The maximum atomic E-state index is 12.7. The Kier molecular flexibility index (Phi) is 8.09. The third-order valence-electron chi connectivity index (χ3n) is 5.50. The molecule has 0 bridgehead atoms. The van der Waals surface area contributed by atoms with E-state index in [9.17, 15) is 4.79 Å². The van der Waals surface area contributed by atoms with Gasteiger partial charge in [0.15, 0.2) is 0 Å². The number of hydrogen-bond acceptors (Lipinski definition) is 6. The number of likely N-dealkylation sites (tertiary alicyclic amines) is 1. The first kappa shape index (κ1) is 22.7. The number of nitrogens with zero attached hydrogens (tertiary/aromatic N) is 4. The minimum absolute atomic E-state index is 0.00887. The maximum Gasteiger partial charge on any atom is 0.239 e. The standard InChI is InChI=1S/C24H28ClN5OS/c25-21-10-8-19(9-11-21)16-22-27-24(32-28-22)30(17-20-6-2-1-3-7-20)18-23(31)26-12-15-29-13-4-5-14-29/h1-3,6-11H,4-5,12-18H2,(H,26,31). The number of nitrogens with one attached hydrogen (secondary N) is 1. The van der Waals surface area contributed by atoms with Crippen LogP contribution >= 0.6 is 23.1 Å². The number of halogens is 1. The van der Waals surface area contributed by atoms with Crippen LogP contribution in [-0.4, -0.2) is 52.9 Å². The van der Waals surface area contributed by atoms with Crippen LogP contribution in [0.2, 0.25) is 5.02 Å². The van der Waals surface area contributed by atoms with E-state index in [1.54, 1.807) is 0 Å². The van der Waals surface area contributed by atoms with E-state index in [0.29, 0.717) is 24.5 Å². The molecular formula is C24H28ClN5OS. The van der Waals surface area contributed by atoms with Crippen molar-refractivity contribution in [3.8, 4) is 0 Å². The van der Waals surface area contributed by atoms with Gasteiger partial charge in [0, 0.05) is 42.6 Å². The third kappa shape index (κ3) is 6.76. The topological polar surface area (TPSA) is 61.4 Å². The zero-order valence-corrected chi connectivity index (χ0v) is 19.6. The van der Waals surface area contributed by atoms with Crippen molar-refractivity contribution in [2.75, 3.05) is 37.6 Å². The first-order valence-electron chi connectivity index (χ1n) is 11.0. The number of hydrogen-bond donors (Lipinski definition) is 1. The Bertz CT molecular complexity index is 989. The fourth-order valence-corrected chi connectivity index (χ4v) is 4.62. The van der Waals surface area contributed by atoms with Crippen LogP contribution in [0.15, 0.2) is 54.6 Å². The fourth-order valence-electron chi connectivity index (χ4n) is 3.81. The molecule has 0 atom stereocenters. The molecule has 6 nitrogen and oxygen atoms in total. The van der Waals surface area contributed by atoms with Crippen LogP contribution in [0, 0.1) is 0 Å². The van der Waals surface area contributed by atoms with Gasteiger partial charge >= 0.3 is 0 Å². The molecule has 1 fully saturated rings. The van der Waals surface area contributed by atoms with Crippen LogP contribution in [0.25, 0.3) is 0 Å². The molecule has 32 heavy (non-hydrogen) atoms. The summed E-state index contributed by atoms with van der Waals surface area (Å²) < 4.78 is 4.54. The molecule has 1 N–H and O–H groups in total. The number of rotatable bonds is 10. The second kappa shape index (κ2) is 11.4. The number of benzene rings is 2. The normalized spacial score (nSPS) is 13.9. The van der Waals surface area contributed by atoms with E-state index in [2.05, 4.69) is 26.7 Å². The molecule has 2 heterocycles. The molecule has 4 rings (SSSR count). The summed E-state index contributed by atoms with van der Waals surface area (Å²) in [7, 11) is 0.